The second-order valence-corrected chi connectivity index (χ2v) is 3.15. The lowest BCUT2D eigenvalue weighted by atomic mass is 10.1. The summed E-state index contributed by atoms with van der Waals surface area (Å²) in [5.41, 5.74) is 6.55. The maximum absolute atomic E-state index is 7.72. The van der Waals surface area contributed by atoms with Crippen molar-refractivity contribution in [2.75, 3.05) is 0 Å². The van der Waals surface area contributed by atoms with Crippen LogP contribution in [0.3, 0.4) is 0 Å². The Morgan fingerprint density at radius 3 is 2.50 bits per heavy atom. The van der Waals surface area contributed by atoms with Gasteiger partial charge in [-0.3, -0.25) is 0 Å². The Hall–Kier alpha value is -1.83. The van der Waals surface area contributed by atoms with Crippen molar-refractivity contribution in [3.8, 4) is 0 Å². The molecule has 3 N–H and O–H groups in total. The van der Waals surface area contributed by atoms with Gasteiger partial charge in [-0.25, -0.2) is 0 Å². The molecule has 0 saturated carbocycles. The molecule has 0 amide bonds. The molecule has 2 nitrogen and oxygen atoms in total. The fourth-order valence-corrected chi connectivity index (χ4v) is 1.11. The first kappa shape index (κ1) is 14.2. The predicted molar refractivity (Wildman–Crippen MR) is 72.5 cm³/mol. The van der Waals surface area contributed by atoms with E-state index in [0.717, 1.165) is 18.4 Å². The molecule has 0 aliphatic carbocycles. The van der Waals surface area contributed by atoms with Crippen LogP contribution in [-0.2, 0) is 0 Å². The highest BCUT2D eigenvalue weighted by molar-refractivity contribution is 6.07. The van der Waals surface area contributed by atoms with Crippen molar-refractivity contribution in [1.82, 2.24) is 0 Å². The van der Waals surface area contributed by atoms with E-state index in [1.54, 1.807) is 12.2 Å². The molecule has 86 valence electrons. The Morgan fingerprint density at radius 1 is 1.25 bits per heavy atom. The quantitative estimate of drug-likeness (QED) is 0.382. The van der Waals surface area contributed by atoms with Gasteiger partial charge in [0.05, 0.1) is 5.71 Å². The summed E-state index contributed by atoms with van der Waals surface area (Å²) in [6.45, 7) is 5.56. The van der Waals surface area contributed by atoms with Crippen LogP contribution in [0.1, 0.15) is 19.8 Å². The number of nitrogens with one attached hydrogen (secondary N) is 1. The number of unbranched alkanes of at least 4 members (excludes halogenated alkanes) is 1. The SMILES string of the molecule is C=C/C(=C\C)C(=N)/C=C\CC/C=C\C=C/N. The summed E-state index contributed by atoms with van der Waals surface area (Å²) in [5, 5.41) is 7.72. The Kier molecular flexibility index (Phi) is 8.60. The van der Waals surface area contributed by atoms with Crippen molar-refractivity contribution < 1.29 is 0 Å². The van der Waals surface area contributed by atoms with Crippen molar-refractivity contribution in [3.63, 3.8) is 0 Å². The highest BCUT2D eigenvalue weighted by Crippen LogP contribution is 2.01. The molecule has 0 unspecified atom stereocenters. The number of hydrogen-bond acceptors (Lipinski definition) is 2. The van der Waals surface area contributed by atoms with E-state index in [9.17, 15) is 0 Å². The Balaban J connectivity index is 3.93. The molecular formula is C14H20N2. The summed E-state index contributed by atoms with van der Waals surface area (Å²) in [6.07, 6.45) is 16.5. The number of rotatable bonds is 7. The highest BCUT2D eigenvalue weighted by Gasteiger charge is 1.93. The van der Waals surface area contributed by atoms with Gasteiger partial charge in [0.1, 0.15) is 0 Å². The summed E-state index contributed by atoms with van der Waals surface area (Å²) in [7, 11) is 0. The molecule has 16 heavy (non-hydrogen) atoms. The first-order chi connectivity index (χ1) is 7.76. The number of hydrogen-bond donors (Lipinski definition) is 2. The van der Waals surface area contributed by atoms with E-state index in [2.05, 4.69) is 6.58 Å². The van der Waals surface area contributed by atoms with Crippen LogP contribution in [0.15, 0.2) is 60.9 Å². The van der Waals surface area contributed by atoms with Crippen molar-refractivity contribution in [1.29, 1.82) is 5.41 Å². The fourth-order valence-electron chi connectivity index (χ4n) is 1.11. The summed E-state index contributed by atoms with van der Waals surface area (Å²) in [6, 6.07) is 0. The van der Waals surface area contributed by atoms with Crippen molar-refractivity contribution in [2.24, 2.45) is 5.73 Å². The second-order valence-electron chi connectivity index (χ2n) is 3.15. The third-order valence-electron chi connectivity index (χ3n) is 1.98. The summed E-state index contributed by atoms with van der Waals surface area (Å²) in [4.78, 5) is 0. The smallest absolute Gasteiger partial charge is 0.0605 e. The van der Waals surface area contributed by atoms with Crippen molar-refractivity contribution in [3.05, 3.63) is 60.9 Å². The van der Waals surface area contributed by atoms with Crippen LogP contribution >= 0.6 is 0 Å². The van der Waals surface area contributed by atoms with Crippen LogP contribution in [0, 0.1) is 5.41 Å². The summed E-state index contributed by atoms with van der Waals surface area (Å²) in [5.74, 6) is 0. The lowest BCUT2D eigenvalue weighted by Crippen LogP contribution is -1.93. The first-order valence-electron chi connectivity index (χ1n) is 5.33. The van der Waals surface area contributed by atoms with Crippen LogP contribution in [0.25, 0.3) is 0 Å². The van der Waals surface area contributed by atoms with Gasteiger partial charge in [-0.15, -0.1) is 0 Å². The predicted octanol–water partition coefficient (Wildman–Crippen LogP) is 3.50. The lowest BCUT2D eigenvalue weighted by Gasteiger charge is -1.96. The maximum Gasteiger partial charge on any atom is 0.0605 e. The minimum atomic E-state index is 0.503. The van der Waals surface area contributed by atoms with E-state index >= 15 is 0 Å². The van der Waals surface area contributed by atoms with Gasteiger partial charge in [0.15, 0.2) is 0 Å². The Labute approximate surface area is 98.1 Å². The molecule has 0 atom stereocenters. The molecule has 0 radical (unpaired) electrons. The zero-order valence-corrected chi connectivity index (χ0v) is 9.82. The van der Waals surface area contributed by atoms with Gasteiger partial charge in [0.2, 0.25) is 0 Å². The van der Waals surface area contributed by atoms with E-state index in [-0.39, 0.29) is 0 Å². The molecule has 0 fully saturated rings. The molecule has 0 aromatic rings. The number of nitrogens with two attached hydrogens (primary N) is 1. The Bertz CT molecular complexity index is 331. The normalized spacial score (nSPS) is 12.9. The van der Waals surface area contributed by atoms with Gasteiger partial charge in [0.25, 0.3) is 0 Å². The molecule has 0 rings (SSSR count). The van der Waals surface area contributed by atoms with E-state index in [4.69, 9.17) is 11.1 Å². The van der Waals surface area contributed by atoms with Gasteiger partial charge in [-0.05, 0) is 43.7 Å². The minimum absolute atomic E-state index is 0.503. The van der Waals surface area contributed by atoms with Gasteiger partial charge in [-0.2, -0.15) is 0 Å². The van der Waals surface area contributed by atoms with E-state index in [0.29, 0.717) is 5.71 Å². The van der Waals surface area contributed by atoms with Gasteiger partial charge >= 0.3 is 0 Å². The molecule has 2 heteroatoms. The minimum Gasteiger partial charge on any atom is -0.405 e. The average molecular weight is 216 g/mol. The van der Waals surface area contributed by atoms with Crippen LogP contribution < -0.4 is 5.73 Å². The average Bonchev–Trinajstić information content (AvgIpc) is 2.29. The third kappa shape index (κ3) is 6.60. The summed E-state index contributed by atoms with van der Waals surface area (Å²) < 4.78 is 0. The maximum atomic E-state index is 7.72. The summed E-state index contributed by atoms with van der Waals surface area (Å²) >= 11 is 0. The zero-order valence-electron chi connectivity index (χ0n) is 9.82. The standard InChI is InChI=1S/C14H20N2/c1-3-13(4-2)14(16)11-9-7-5-6-8-10-12-15/h3-4,6,8-12,16H,1,5,7,15H2,2H3/b8-6-,11-9-,12-10-,13-4+,16-14?. The van der Waals surface area contributed by atoms with Gasteiger partial charge in [0, 0.05) is 0 Å². The molecule has 0 bridgehead atoms. The molecule has 0 aromatic carbocycles. The van der Waals surface area contributed by atoms with Gasteiger partial charge < -0.3 is 11.1 Å². The van der Waals surface area contributed by atoms with E-state index in [1.165, 1.54) is 6.20 Å². The lowest BCUT2D eigenvalue weighted by molar-refractivity contribution is 1.05. The van der Waals surface area contributed by atoms with E-state index in [1.807, 2.05) is 37.3 Å². The molecule has 0 spiro atoms. The number of allylic oxidation sites excluding steroid dienone is 8. The largest absolute Gasteiger partial charge is 0.405 e. The Morgan fingerprint density at radius 2 is 1.94 bits per heavy atom. The molecular weight excluding hydrogens is 196 g/mol. The van der Waals surface area contributed by atoms with E-state index < -0.39 is 0 Å². The third-order valence-corrected chi connectivity index (χ3v) is 1.98. The van der Waals surface area contributed by atoms with Crippen LogP contribution in [0.2, 0.25) is 0 Å². The van der Waals surface area contributed by atoms with Crippen LogP contribution in [-0.4, -0.2) is 5.71 Å². The first-order valence-corrected chi connectivity index (χ1v) is 5.33. The van der Waals surface area contributed by atoms with Crippen LogP contribution in [0.5, 0.6) is 0 Å². The van der Waals surface area contributed by atoms with Crippen molar-refractivity contribution >= 4 is 5.71 Å². The van der Waals surface area contributed by atoms with Gasteiger partial charge in [-0.1, -0.05) is 37.0 Å². The molecule has 0 aliphatic heterocycles. The highest BCUT2D eigenvalue weighted by atomic mass is 14.5. The van der Waals surface area contributed by atoms with Crippen LogP contribution in [0.4, 0.5) is 0 Å². The second kappa shape index (κ2) is 9.71. The molecule has 0 saturated heterocycles. The monoisotopic (exact) mass is 216 g/mol. The topological polar surface area (TPSA) is 49.9 Å². The molecule has 0 aliphatic rings. The molecule has 0 aromatic heterocycles. The van der Waals surface area contributed by atoms with Crippen molar-refractivity contribution in [2.45, 2.75) is 19.8 Å². The zero-order chi connectivity index (χ0) is 12.2. The fraction of sp³-hybridized carbons (Fsp3) is 0.214. The molecule has 0 heterocycles.